The molecule has 1 aromatic heterocycles. The van der Waals surface area contributed by atoms with Gasteiger partial charge in [0.2, 0.25) is 5.91 Å². The minimum atomic E-state index is -0.343. The second kappa shape index (κ2) is 8.62. The van der Waals surface area contributed by atoms with E-state index in [0.29, 0.717) is 35.1 Å². The number of tetrazole rings is 1. The Kier molecular flexibility index (Phi) is 6.00. The zero-order valence-electron chi connectivity index (χ0n) is 15.5. The molecule has 2 aromatic carbocycles. The molecule has 1 N–H and O–H groups in total. The number of rotatable bonds is 6. The van der Waals surface area contributed by atoms with E-state index in [9.17, 15) is 9.59 Å². The summed E-state index contributed by atoms with van der Waals surface area (Å²) in [5.74, 6) is -0.342. The molecular formula is C19H19ClN6O2. The van der Waals surface area contributed by atoms with E-state index < -0.39 is 0 Å². The summed E-state index contributed by atoms with van der Waals surface area (Å²) in [7, 11) is 0. The number of halogens is 1. The van der Waals surface area contributed by atoms with E-state index in [0.717, 1.165) is 5.56 Å². The first-order valence-electron chi connectivity index (χ1n) is 8.66. The molecule has 9 heteroatoms. The van der Waals surface area contributed by atoms with E-state index in [4.69, 9.17) is 11.6 Å². The van der Waals surface area contributed by atoms with E-state index in [1.54, 1.807) is 29.2 Å². The van der Waals surface area contributed by atoms with Crippen LogP contribution < -0.4 is 5.32 Å². The molecule has 2 amide bonds. The predicted octanol–water partition coefficient (Wildman–Crippen LogP) is 2.94. The Labute approximate surface area is 167 Å². The van der Waals surface area contributed by atoms with Gasteiger partial charge in [0.1, 0.15) is 6.33 Å². The van der Waals surface area contributed by atoms with Crippen LogP contribution in [0.15, 0.2) is 48.8 Å². The van der Waals surface area contributed by atoms with Crippen LogP contribution in [-0.2, 0) is 11.3 Å². The van der Waals surface area contributed by atoms with Crippen LogP contribution in [0.25, 0.3) is 5.69 Å². The van der Waals surface area contributed by atoms with Crippen molar-refractivity contribution in [3.05, 3.63) is 64.9 Å². The van der Waals surface area contributed by atoms with Gasteiger partial charge >= 0.3 is 0 Å². The van der Waals surface area contributed by atoms with Crippen molar-refractivity contribution in [2.24, 2.45) is 0 Å². The number of hydrogen-bond donors (Lipinski definition) is 1. The summed E-state index contributed by atoms with van der Waals surface area (Å²) < 4.78 is 1.40. The van der Waals surface area contributed by atoms with Gasteiger partial charge in [-0.3, -0.25) is 9.59 Å². The standard InChI is InChI=1S/C19H19ClN6O2/c1-3-25(13(2)27)11-14-5-4-6-16(9-14)22-19(28)17-10-15(20)7-8-18(17)26-12-21-23-24-26/h4-10,12H,3,11H2,1-2H3,(H,22,28). The molecule has 0 saturated carbocycles. The van der Waals surface area contributed by atoms with Crippen LogP contribution in [-0.4, -0.2) is 43.5 Å². The predicted molar refractivity (Wildman–Crippen MR) is 105 cm³/mol. The lowest BCUT2D eigenvalue weighted by molar-refractivity contribution is -0.129. The highest BCUT2D eigenvalue weighted by atomic mass is 35.5. The quantitative estimate of drug-likeness (QED) is 0.689. The molecular weight excluding hydrogens is 380 g/mol. The highest BCUT2D eigenvalue weighted by Gasteiger charge is 2.15. The summed E-state index contributed by atoms with van der Waals surface area (Å²) in [6, 6.07) is 12.3. The lowest BCUT2D eigenvalue weighted by atomic mass is 10.1. The van der Waals surface area contributed by atoms with Gasteiger partial charge in [0.05, 0.1) is 11.3 Å². The third kappa shape index (κ3) is 4.52. The molecule has 0 fully saturated rings. The molecule has 28 heavy (non-hydrogen) atoms. The number of carbonyl (C=O) groups excluding carboxylic acids is 2. The Hall–Kier alpha value is -3.26. The Balaban J connectivity index is 1.83. The van der Waals surface area contributed by atoms with Gasteiger partial charge in [-0.25, -0.2) is 0 Å². The number of benzene rings is 2. The monoisotopic (exact) mass is 398 g/mol. The molecule has 3 aromatic rings. The lowest BCUT2D eigenvalue weighted by Crippen LogP contribution is -2.27. The third-order valence-corrected chi connectivity index (χ3v) is 4.42. The van der Waals surface area contributed by atoms with Gasteiger partial charge in [0.25, 0.3) is 5.91 Å². The van der Waals surface area contributed by atoms with E-state index in [1.165, 1.54) is 17.9 Å². The van der Waals surface area contributed by atoms with Crippen molar-refractivity contribution in [3.8, 4) is 5.69 Å². The van der Waals surface area contributed by atoms with Crippen LogP contribution in [0.2, 0.25) is 5.02 Å². The molecule has 0 aliphatic heterocycles. The number of nitrogens with zero attached hydrogens (tertiary/aromatic N) is 5. The van der Waals surface area contributed by atoms with Crippen molar-refractivity contribution in [1.29, 1.82) is 0 Å². The van der Waals surface area contributed by atoms with Crippen LogP contribution in [0.3, 0.4) is 0 Å². The number of hydrogen-bond acceptors (Lipinski definition) is 5. The zero-order valence-corrected chi connectivity index (χ0v) is 16.2. The number of carbonyl (C=O) groups is 2. The van der Waals surface area contributed by atoms with Gasteiger partial charge in [-0.2, -0.15) is 4.68 Å². The molecule has 0 spiro atoms. The highest BCUT2D eigenvalue weighted by molar-refractivity contribution is 6.31. The minimum Gasteiger partial charge on any atom is -0.339 e. The number of anilines is 1. The second-order valence-electron chi connectivity index (χ2n) is 6.10. The highest BCUT2D eigenvalue weighted by Crippen LogP contribution is 2.21. The number of aromatic nitrogens is 4. The van der Waals surface area contributed by atoms with Crippen molar-refractivity contribution < 1.29 is 9.59 Å². The van der Waals surface area contributed by atoms with Crippen molar-refractivity contribution in [2.75, 3.05) is 11.9 Å². The van der Waals surface area contributed by atoms with Crippen molar-refractivity contribution >= 4 is 29.1 Å². The average Bonchev–Trinajstić information content (AvgIpc) is 3.20. The minimum absolute atomic E-state index is 0.00181. The normalized spacial score (nSPS) is 10.5. The summed E-state index contributed by atoms with van der Waals surface area (Å²) >= 11 is 6.08. The van der Waals surface area contributed by atoms with Crippen LogP contribution in [0.4, 0.5) is 5.69 Å². The fourth-order valence-corrected chi connectivity index (χ4v) is 2.95. The molecule has 0 atom stereocenters. The van der Waals surface area contributed by atoms with Crippen LogP contribution >= 0.6 is 11.6 Å². The smallest absolute Gasteiger partial charge is 0.257 e. The average molecular weight is 399 g/mol. The largest absolute Gasteiger partial charge is 0.339 e. The van der Waals surface area contributed by atoms with Crippen LogP contribution in [0.1, 0.15) is 29.8 Å². The lowest BCUT2D eigenvalue weighted by Gasteiger charge is -2.19. The molecule has 0 bridgehead atoms. The summed E-state index contributed by atoms with van der Waals surface area (Å²) in [4.78, 5) is 26.2. The first-order valence-corrected chi connectivity index (χ1v) is 9.04. The molecule has 3 rings (SSSR count). The molecule has 8 nitrogen and oxygen atoms in total. The van der Waals surface area contributed by atoms with Gasteiger partial charge in [-0.05, 0) is 53.2 Å². The van der Waals surface area contributed by atoms with Gasteiger partial charge in [0, 0.05) is 30.7 Å². The van der Waals surface area contributed by atoms with Gasteiger partial charge in [-0.1, -0.05) is 23.7 Å². The van der Waals surface area contributed by atoms with Crippen molar-refractivity contribution in [1.82, 2.24) is 25.1 Å². The summed E-state index contributed by atoms with van der Waals surface area (Å²) in [6.07, 6.45) is 1.40. The fourth-order valence-electron chi connectivity index (χ4n) is 2.77. The van der Waals surface area contributed by atoms with Crippen LogP contribution in [0, 0.1) is 0 Å². The molecule has 0 unspecified atom stereocenters. The van der Waals surface area contributed by atoms with Crippen molar-refractivity contribution in [2.45, 2.75) is 20.4 Å². The molecule has 144 valence electrons. The number of amides is 2. The van der Waals surface area contributed by atoms with Gasteiger partial charge < -0.3 is 10.2 Å². The van der Waals surface area contributed by atoms with Crippen LogP contribution in [0.5, 0.6) is 0 Å². The fraction of sp³-hybridized carbons (Fsp3) is 0.211. The maximum Gasteiger partial charge on any atom is 0.257 e. The van der Waals surface area contributed by atoms with E-state index in [1.807, 2.05) is 25.1 Å². The van der Waals surface area contributed by atoms with E-state index >= 15 is 0 Å². The van der Waals surface area contributed by atoms with E-state index in [2.05, 4.69) is 20.8 Å². The maximum absolute atomic E-state index is 12.9. The molecule has 0 saturated heterocycles. The first-order chi connectivity index (χ1) is 13.5. The van der Waals surface area contributed by atoms with Crippen molar-refractivity contribution in [3.63, 3.8) is 0 Å². The van der Waals surface area contributed by atoms with Gasteiger partial charge in [-0.15, -0.1) is 5.10 Å². The second-order valence-corrected chi connectivity index (χ2v) is 6.54. The first kappa shape index (κ1) is 19.5. The number of nitrogens with one attached hydrogen (secondary N) is 1. The summed E-state index contributed by atoms with van der Waals surface area (Å²) in [5, 5.41) is 14.3. The Morgan fingerprint density at radius 1 is 1.21 bits per heavy atom. The summed E-state index contributed by atoms with van der Waals surface area (Å²) in [5.41, 5.74) is 2.38. The topological polar surface area (TPSA) is 93.0 Å². The van der Waals surface area contributed by atoms with E-state index in [-0.39, 0.29) is 11.8 Å². The Bertz CT molecular complexity index is 990. The molecule has 0 aliphatic carbocycles. The Morgan fingerprint density at radius 3 is 2.71 bits per heavy atom. The summed E-state index contributed by atoms with van der Waals surface area (Å²) in [6.45, 7) is 4.55. The Morgan fingerprint density at radius 2 is 2.04 bits per heavy atom. The molecule has 1 heterocycles. The molecule has 0 aliphatic rings. The maximum atomic E-state index is 12.9. The van der Waals surface area contributed by atoms with Gasteiger partial charge in [0.15, 0.2) is 0 Å². The zero-order chi connectivity index (χ0) is 20.1. The molecule has 0 radical (unpaired) electrons. The third-order valence-electron chi connectivity index (χ3n) is 4.18. The SMILES string of the molecule is CCN(Cc1cccc(NC(=O)c2cc(Cl)ccc2-n2cnnn2)c1)C(C)=O.